The first-order valence-corrected chi connectivity index (χ1v) is 7.45. The van der Waals surface area contributed by atoms with Gasteiger partial charge in [0.2, 0.25) is 5.91 Å². The molecule has 0 radical (unpaired) electrons. The molecule has 0 aromatic heterocycles. The lowest BCUT2D eigenvalue weighted by Crippen LogP contribution is -2.36. The van der Waals surface area contributed by atoms with E-state index in [9.17, 15) is 9.59 Å². The van der Waals surface area contributed by atoms with Gasteiger partial charge in [-0.2, -0.15) is 0 Å². The van der Waals surface area contributed by atoms with Crippen LogP contribution in [-0.4, -0.2) is 24.9 Å². The van der Waals surface area contributed by atoms with Crippen LogP contribution in [0.3, 0.4) is 0 Å². The Kier molecular flexibility index (Phi) is 4.11. The average Bonchev–Trinajstić information content (AvgIpc) is 2.83. The Balaban J connectivity index is 1.60. The van der Waals surface area contributed by atoms with Crippen molar-refractivity contribution in [2.24, 2.45) is 0 Å². The highest BCUT2D eigenvalue weighted by Gasteiger charge is 2.26. The fourth-order valence-corrected chi connectivity index (χ4v) is 2.76. The molecule has 0 saturated heterocycles. The zero-order valence-corrected chi connectivity index (χ0v) is 12.6. The van der Waals surface area contributed by atoms with Gasteiger partial charge in [-0.25, -0.2) is 0 Å². The number of hydrogen-bond donors (Lipinski definition) is 1. The topological polar surface area (TPSA) is 49.4 Å². The van der Waals surface area contributed by atoms with Crippen molar-refractivity contribution in [2.45, 2.75) is 6.42 Å². The Hall–Kier alpha value is -2.33. The summed E-state index contributed by atoms with van der Waals surface area (Å²) in [6.45, 7) is 0.855. The van der Waals surface area contributed by atoms with E-state index in [4.69, 9.17) is 11.6 Å². The SMILES string of the molecule is O=C(NCCN1C(=O)Cc2ccccc21)c1cccc(Cl)c1. The molecule has 1 aliphatic heterocycles. The first-order valence-electron chi connectivity index (χ1n) is 7.07. The van der Waals surface area contributed by atoms with Gasteiger partial charge in [0.25, 0.3) is 5.91 Å². The van der Waals surface area contributed by atoms with E-state index in [-0.39, 0.29) is 11.8 Å². The van der Waals surface area contributed by atoms with Crippen LogP contribution in [0.25, 0.3) is 0 Å². The highest BCUT2D eigenvalue weighted by molar-refractivity contribution is 6.30. The molecule has 22 heavy (non-hydrogen) atoms. The largest absolute Gasteiger partial charge is 0.350 e. The molecule has 2 aromatic rings. The Labute approximate surface area is 133 Å². The van der Waals surface area contributed by atoms with Gasteiger partial charge in [0, 0.05) is 29.4 Å². The summed E-state index contributed by atoms with van der Waals surface area (Å²) in [7, 11) is 0. The van der Waals surface area contributed by atoms with Gasteiger partial charge < -0.3 is 10.2 Å². The molecule has 1 N–H and O–H groups in total. The smallest absolute Gasteiger partial charge is 0.251 e. The van der Waals surface area contributed by atoms with Crippen LogP contribution in [0, 0.1) is 0 Å². The van der Waals surface area contributed by atoms with Crippen LogP contribution in [-0.2, 0) is 11.2 Å². The molecule has 3 rings (SSSR count). The molecular weight excluding hydrogens is 300 g/mol. The molecule has 5 heteroatoms. The Morgan fingerprint density at radius 3 is 2.82 bits per heavy atom. The predicted octanol–water partition coefficient (Wildman–Crippen LogP) is 2.66. The fourth-order valence-electron chi connectivity index (χ4n) is 2.57. The van der Waals surface area contributed by atoms with Crippen molar-refractivity contribution >= 4 is 29.1 Å². The lowest BCUT2D eigenvalue weighted by molar-refractivity contribution is -0.117. The maximum Gasteiger partial charge on any atom is 0.251 e. The van der Waals surface area contributed by atoms with Crippen LogP contribution in [0.15, 0.2) is 48.5 Å². The Bertz CT molecular complexity index is 730. The van der Waals surface area contributed by atoms with Crippen molar-refractivity contribution in [3.8, 4) is 0 Å². The number of anilines is 1. The van der Waals surface area contributed by atoms with Crippen LogP contribution >= 0.6 is 11.6 Å². The summed E-state index contributed by atoms with van der Waals surface area (Å²) < 4.78 is 0. The van der Waals surface area contributed by atoms with Crippen LogP contribution in [0.2, 0.25) is 5.02 Å². The third-order valence-electron chi connectivity index (χ3n) is 3.63. The number of fused-ring (bicyclic) bond motifs is 1. The zero-order valence-electron chi connectivity index (χ0n) is 11.9. The molecule has 0 aliphatic carbocycles. The van der Waals surface area contributed by atoms with Crippen LogP contribution in [0.4, 0.5) is 5.69 Å². The van der Waals surface area contributed by atoms with Crippen LogP contribution in [0.5, 0.6) is 0 Å². The van der Waals surface area contributed by atoms with Crippen LogP contribution < -0.4 is 10.2 Å². The number of amides is 2. The Morgan fingerprint density at radius 1 is 1.18 bits per heavy atom. The summed E-state index contributed by atoms with van der Waals surface area (Å²) >= 11 is 5.87. The van der Waals surface area contributed by atoms with Gasteiger partial charge in [-0.3, -0.25) is 9.59 Å². The van der Waals surface area contributed by atoms with Crippen molar-refractivity contribution in [1.29, 1.82) is 0 Å². The van der Waals surface area contributed by atoms with E-state index in [1.54, 1.807) is 29.2 Å². The molecule has 4 nitrogen and oxygen atoms in total. The highest BCUT2D eigenvalue weighted by Crippen LogP contribution is 2.27. The minimum Gasteiger partial charge on any atom is -0.350 e. The summed E-state index contributed by atoms with van der Waals surface area (Å²) in [5.74, 6) is -0.124. The molecule has 0 saturated carbocycles. The average molecular weight is 315 g/mol. The number of para-hydroxylation sites is 1. The van der Waals surface area contributed by atoms with E-state index < -0.39 is 0 Å². The maximum atomic E-state index is 12.0. The van der Waals surface area contributed by atoms with E-state index in [2.05, 4.69) is 5.32 Å². The second kappa shape index (κ2) is 6.20. The molecule has 0 bridgehead atoms. The third kappa shape index (κ3) is 2.97. The summed E-state index contributed by atoms with van der Waals surface area (Å²) in [6.07, 6.45) is 0.429. The van der Waals surface area contributed by atoms with E-state index >= 15 is 0 Å². The molecule has 0 fully saturated rings. The number of carbonyl (C=O) groups excluding carboxylic acids is 2. The van der Waals surface area contributed by atoms with Gasteiger partial charge >= 0.3 is 0 Å². The number of halogens is 1. The predicted molar refractivity (Wildman–Crippen MR) is 86.3 cm³/mol. The summed E-state index contributed by atoms with van der Waals surface area (Å²) in [4.78, 5) is 25.8. The third-order valence-corrected chi connectivity index (χ3v) is 3.87. The molecular formula is C17H15ClN2O2. The molecule has 1 heterocycles. The zero-order chi connectivity index (χ0) is 15.5. The lowest BCUT2D eigenvalue weighted by atomic mass is 10.2. The molecule has 0 unspecified atom stereocenters. The van der Waals surface area contributed by atoms with Crippen molar-refractivity contribution in [3.63, 3.8) is 0 Å². The minimum absolute atomic E-state index is 0.0678. The quantitative estimate of drug-likeness (QED) is 0.943. The Morgan fingerprint density at radius 2 is 2.00 bits per heavy atom. The summed E-state index contributed by atoms with van der Waals surface area (Å²) in [5, 5.41) is 3.34. The molecule has 112 valence electrons. The van der Waals surface area contributed by atoms with E-state index in [1.165, 1.54) is 0 Å². The summed E-state index contributed by atoms with van der Waals surface area (Å²) in [6, 6.07) is 14.5. The minimum atomic E-state index is -0.192. The van der Waals surface area contributed by atoms with Gasteiger partial charge in [-0.15, -0.1) is 0 Å². The number of nitrogens with zero attached hydrogens (tertiary/aromatic N) is 1. The van der Waals surface area contributed by atoms with E-state index in [0.717, 1.165) is 11.3 Å². The number of benzene rings is 2. The van der Waals surface area contributed by atoms with Crippen molar-refractivity contribution in [1.82, 2.24) is 5.32 Å². The van der Waals surface area contributed by atoms with Crippen molar-refractivity contribution in [3.05, 3.63) is 64.7 Å². The number of hydrogen-bond acceptors (Lipinski definition) is 2. The second-order valence-electron chi connectivity index (χ2n) is 5.12. The lowest BCUT2D eigenvalue weighted by Gasteiger charge is -2.17. The maximum absolute atomic E-state index is 12.0. The van der Waals surface area contributed by atoms with Crippen molar-refractivity contribution < 1.29 is 9.59 Å². The molecule has 2 amide bonds. The normalized spacial score (nSPS) is 13.1. The van der Waals surface area contributed by atoms with E-state index in [0.29, 0.717) is 30.1 Å². The second-order valence-corrected chi connectivity index (χ2v) is 5.55. The van der Waals surface area contributed by atoms with Gasteiger partial charge in [0.1, 0.15) is 0 Å². The van der Waals surface area contributed by atoms with E-state index in [1.807, 2.05) is 24.3 Å². The van der Waals surface area contributed by atoms with Gasteiger partial charge in [-0.1, -0.05) is 35.9 Å². The molecule has 1 aliphatic rings. The number of rotatable bonds is 4. The van der Waals surface area contributed by atoms with Crippen molar-refractivity contribution in [2.75, 3.05) is 18.0 Å². The van der Waals surface area contributed by atoms with Crippen LogP contribution in [0.1, 0.15) is 15.9 Å². The van der Waals surface area contributed by atoms with Gasteiger partial charge in [0.05, 0.1) is 6.42 Å². The highest BCUT2D eigenvalue weighted by atomic mass is 35.5. The molecule has 0 atom stereocenters. The first-order chi connectivity index (χ1) is 10.6. The standard InChI is InChI=1S/C17H15ClN2O2/c18-14-6-3-5-13(10-14)17(22)19-8-9-20-15-7-2-1-4-12(15)11-16(20)21/h1-7,10H,8-9,11H2,(H,19,22). The molecule has 0 spiro atoms. The molecule has 2 aromatic carbocycles. The fraction of sp³-hybridized carbons (Fsp3) is 0.176. The monoisotopic (exact) mass is 314 g/mol. The van der Waals surface area contributed by atoms with Gasteiger partial charge in [0.15, 0.2) is 0 Å². The number of nitrogens with one attached hydrogen (secondary N) is 1. The first kappa shape index (κ1) is 14.6. The number of carbonyl (C=O) groups is 2. The van der Waals surface area contributed by atoms with Gasteiger partial charge in [-0.05, 0) is 29.8 Å². The summed E-state index contributed by atoms with van der Waals surface area (Å²) in [5.41, 5.74) is 2.49.